The van der Waals surface area contributed by atoms with Crippen molar-refractivity contribution in [2.45, 2.75) is 40.0 Å². The molecule has 1 heterocycles. The van der Waals surface area contributed by atoms with Crippen molar-refractivity contribution in [1.29, 1.82) is 0 Å². The third kappa shape index (κ3) is 2.98. The number of hydrogen-bond donors (Lipinski definition) is 0. The maximum atomic E-state index is 2.61. The predicted molar refractivity (Wildman–Crippen MR) is 70.5 cm³/mol. The summed E-state index contributed by atoms with van der Waals surface area (Å²) in [7, 11) is 0. The van der Waals surface area contributed by atoms with Crippen molar-refractivity contribution in [2.24, 2.45) is 11.3 Å². The maximum Gasteiger partial charge on any atom is 0.0230 e. The lowest BCUT2D eigenvalue weighted by molar-refractivity contribution is 0.119. The molecule has 0 saturated carbocycles. The van der Waals surface area contributed by atoms with E-state index < -0.39 is 0 Å². The number of hydrogen-bond acceptors (Lipinski definition) is 1. The van der Waals surface area contributed by atoms with Crippen molar-refractivity contribution in [3.05, 3.63) is 23.8 Å². The molecule has 0 aromatic rings. The molecule has 1 heteroatoms. The molecule has 0 aromatic carbocycles. The van der Waals surface area contributed by atoms with E-state index >= 15 is 0 Å². The van der Waals surface area contributed by atoms with Crippen LogP contribution < -0.4 is 0 Å². The zero-order valence-corrected chi connectivity index (χ0v) is 11.0. The second kappa shape index (κ2) is 4.75. The highest BCUT2D eigenvalue weighted by atomic mass is 15.1. The van der Waals surface area contributed by atoms with Crippen molar-refractivity contribution < 1.29 is 0 Å². The Morgan fingerprint density at radius 1 is 1.25 bits per heavy atom. The van der Waals surface area contributed by atoms with Crippen LogP contribution in [0, 0.1) is 11.3 Å². The molecule has 0 spiro atoms. The van der Waals surface area contributed by atoms with Gasteiger partial charge in [-0.3, -0.25) is 4.90 Å². The van der Waals surface area contributed by atoms with E-state index in [1.807, 2.05) is 0 Å². The van der Waals surface area contributed by atoms with Crippen molar-refractivity contribution >= 4 is 0 Å². The first-order valence-electron chi connectivity index (χ1n) is 6.63. The summed E-state index contributed by atoms with van der Waals surface area (Å²) >= 11 is 0. The van der Waals surface area contributed by atoms with E-state index in [1.54, 1.807) is 0 Å². The molecule has 90 valence electrons. The first kappa shape index (κ1) is 11.9. The second-order valence-corrected chi connectivity index (χ2v) is 6.33. The van der Waals surface area contributed by atoms with E-state index in [0.29, 0.717) is 5.41 Å². The molecule has 0 N–H and O–H groups in total. The number of piperidine rings is 1. The molecule has 2 aliphatic rings. The van der Waals surface area contributed by atoms with E-state index in [-0.39, 0.29) is 0 Å². The number of likely N-dealkylation sites (tertiary alicyclic amines) is 1. The van der Waals surface area contributed by atoms with Crippen LogP contribution in [0.4, 0.5) is 0 Å². The summed E-state index contributed by atoms with van der Waals surface area (Å²) in [5.74, 6) is 0.914. The molecule has 0 atom stereocenters. The number of nitrogens with zero attached hydrogens (tertiary/aromatic N) is 1. The Balaban J connectivity index is 1.79. The van der Waals surface area contributed by atoms with Gasteiger partial charge in [-0.1, -0.05) is 39.0 Å². The second-order valence-electron chi connectivity index (χ2n) is 6.33. The number of allylic oxidation sites excluding steroid dienone is 2. The highest BCUT2D eigenvalue weighted by Crippen LogP contribution is 2.34. The molecule has 0 radical (unpaired) electrons. The normalized spacial score (nSPS) is 23.8. The van der Waals surface area contributed by atoms with Gasteiger partial charge in [0.25, 0.3) is 0 Å². The zero-order chi connectivity index (χ0) is 11.6. The van der Waals surface area contributed by atoms with Gasteiger partial charge in [-0.25, -0.2) is 0 Å². The average molecular weight is 219 g/mol. The van der Waals surface area contributed by atoms with Crippen LogP contribution in [0.25, 0.3) is 0 Å². The van der Waals surface area contributed by atoms with Crippen LogP contribution in [0.1, 0.15) is 40.0 Å². The maximum absolute atomic E-state index is 2.61. The van der Waals surface area contributed by atoms with Crippen LogP contribution in [0.5, 0.6) is 0 Å². The molecule has 0 aromatic heterocycles. The molecule has 1 aliphatic heterocycles. The van der Waals surface area contributed by atoms with Crippen LogP contribution in [0.2, 0.25) is 0 Å². The minimum absolute atomic E-state index is 0.499. The summed E-state index contributed by atoms with van der Waals surface area (Å²) in [6.07, 6.45) is 10.8. The van der Waals surface area contributed by atoms with E-state index in [0.717, 1.165) is 12.3 Å². The standard InChI is InChI=1S/C15H25N/c1-15(2,3)14-8-10-16(11-9-14)12-13-6-4-5-7-13/h4,6-7,14H,5,8-12H2,1-3H3. The van der Waals surface area contributed by atoms with Crippen molar-refractivity contribution in [3.8, 4) is 0 Å². The Bertz CT molecular complexity index is 285. The van der Waals surface area contributed by atoms with Crippen LogP contribution in [-0.4, -0.2) is 24.5 Å². The Morgan fingerprint density at radius 2 is 1.94 bits per heavy atom. The molecule has 16 heavy (non-hydrogen) atoms. The van der Waals surface area contributed by atoms with Crippen molar-refractivity contribution in [2.75, 3.05) is 19.6 Å². The van der Waals surface area contributed by atoms with Crippen molar-refractivity contribution in [1.82, 2.24) is 4.90 Å². The Hall–Kier alpha value is -0.560. The summed E-state index contributed by atoms with van der Waals surface area (Å²) in [6, 6.07) is 0. The van der Waals surface area contributed by atoms with Crippen LogP contribution >= 0.6 is 0 Å². The SMILES string of the molecule is CC(C)(C)C1CCN(CC2=CCC=C2)CC1. The van der Waals surface area contributed by atoms with Gasteiger partial charge in [-0.05, 0) is 49.3 Å². The van der Waals surface area contributed by atoms with E-state index in [4.69, 9.17) is 0 Å². The van der Waals surface area contributed by atoms with Gasteiger partial charge >= 0.3 is 0 Å². The zero-order valence-electron chi connectivity index (χ0n) is 11.0. The number of rotatable bonds is 2. The lowest BCUT2D eigenvalue weighted by Gasteiger charge is -2.38. The molecule has 1 saturated heterocycles. The summed E-state index contributed by atoms with van der Waals surface area (Å²) in [5.41, 5.74) is 2.02. The summed E-state index contributed by atoms with van der Waals surface area (Å²) in [4.78, 5) is 2.61. The van der Waals surface area contributed by atoms with Gasteiger partial charge in [0, 0.05) is 6.54 Å². The van der Waals surface area contributed by atoms with Gasteiger partial charge in [0.1, 0.15) is 0 Å². The third-order valence-corrected chi connectivity index (χ3v) is 4.07. The summed E-state index contributed by atoms with van der Waals surface area (Å²) in [6.45, 7) is 10.9. The highest BCUT2D eigenvalue weighted by Gasteiger charge is 2.28. The molecule has 0 unspecified atom stereocenters. The topological polar surface area (TPSA) is 3.24 Å². The van der Waals surface area contributed by atoms with Gasteiger partial charge in [0.05, 0.1) is 0 Å². The van der Waals surface area contributed by atoms with Gasteiger partial charge in [0.15, 0.2) is 0 Å². The molecule has 2 rings (SSSR count). The first-order valence-corrected chi connectivity index (χ1v) is 6.63. The Kier molecular flexibility index (Phi) is 3.53. The largest absolute Gasteiger partial charge is 0.299 e. The molecule has 1 aliphatic carbocycles. The Labute approximate surface area is 100 Å². The molecular formula is C15H25N. The van der Waals surface area contributed by atoms with E-state index in [9.17, 15) is 0 Å². The summed E-state index contributed by atoms with van der Waals surface area (Å²) in [5, 5.41) is 0. The van der Waals surface area contributed by atoms with Gasteiger partial charge in [0.2, 0.25) is 0 Å². The Morgan fingerprint density at radius 3 is 2.44 bits per heavy atom. The molecule has 0 bridgehead atoms. The predicted octanol–water partition coefficient (Wildman–Crippen LogP) is 3.63. The summed E-state index contributed by atoms with van der Waals surface area (Å²) < 4.78 is 0. The van der Waals surface area contributed by atoms with Crippen LogP contribution in [-0.2, 0) is 0 Å². The van der Waals surface area contributed by atoms with Crippen LogP contribution in [0.3, 0.4) is 0 Å². The van der Waals surface area contributed by atoms with Gasteiger partial charge in [-0.15, -0.1) is 0 Å². The first-order chi connectivity index (χ1) is 7.55. The quantitative estimate of drug-likeness (QED) is 0.685. The van der Waals surface area contributed by atoms with Crippen molar-refractivity contribution in [3.63, 3.8) is 0 Å². The minimum Gasteiger partial charge on any atom is -0.299 e. The average Bonchev–Trinajstić information content (AvgIpc) is 2.70. The molecule has 1 nitrogen and oxygen atoms in total. The molecular weight excluding hydrogens is 194 g/mol. The molecule has 1 fully saturated rings. The lowest BCUT2D eigenvalue weighted by atomic mass is 9.75. The van der Waals surface area contributed by atoms with E-state index in [1.165, 1.54) is 38.0 Å². The smallest absolute Gasteiger partial charge is 0.0230 e. The fourth-order valence-corrected chi connectivity index (χ4v) is 2.84. The van der Waals surface area contributed by atoms with Crippen LogP contribution in [0.15, 0.2) is 23.8 Å². The fourth-order valence-electron chi connectivity index (χ4n) is 2.84. The fraction of sp³-hybridized carbons (Fsp3) is 0.733. The highest BCUT2D eigenvalue weighted by molar-refractivity contribution is 5.27. The minimum atomic E-state index is 0.499. The lowest BCUT2D eigenvalue weighted by Crippen LogP contribution is -2.38. The monoisotopic (exact) mass is 219 g/mol. The van der Waals surface area contributed by atoms with Gasteiger partial charge < -0.3 is 0 Å². The third-order valence-electron chi connectivity index (χ3n) is 4.07. The molecule has 0 amide bonds. The van der Waals surface area contributed by atoms with E-state index in [2.05, 4.69) is 43.9 Å². The van der Waals surface area contributed by atoms with Gasteiger partial charge in [-0.2, -0.15) is 0 Å².